The zero-order valence-corrected chi connectivity index (χ0v) is 17.3. The molecule has 0 bridgehead atoms. The molecule has 5 rings (SSSR count). The van der Waals surface area contributed by atoms with Crippen molar-refractivity contribution >= 4 is 11.6 Å². The van der Waals surface area contributed by atoms with E-state index in [2.05, 4.69) is 43.7 Å². The molecular weight excluding hydrogens is 364 g/mol. The minimum Gasteiger partial charge on any atom is -0.372 e. The standard InChI is InChI=1S/C22H30N6O/c1-25-9-5-7-18(15-25)21-24-23-20-16-27(12-13-28(20)21)22(29)17-6-4-8-19(14-17)26-10-2-3-11-26/h4,6,8,14,18H,2-3,5,7,9-13,15-16H2,1H3. The minimum atomic E-state index is 0.0965. The van der Waals surface area contributed by atoms with Crippen LogP contribution < -0.4 is 4.90 Å². The van der Waals surface area contributed by atoms with Crippen molar-refractivity contribution in [2.75, 3.05) is 44.7 Å². The molecule has 29 heavy (non-hydrogen) atoms. The maximum Gasteiger partial charge on any atom is 0.254 e. The maximum atomic E-state index is 13.2. The molecule has 1 atom stereocenters. The Labute approximate surface area is 172 Å². The van der Waals surface area contributed by atoms with Crippen LogP contribution in [0.2, 0.25) is 0 Å². The Bertz CT molecular complexity index is 887. The van der Waals surface area contributed by atoms with Gasteiger partial charge in [-0.25, -0.2) is 0 Å². The molecule has 1 aromatic carbocycles. The van der Waals surface area contributed by atoms with E-state index in [1.54, 1.807) is 0 Å². The SMILES string of the molecule is CN1CCCC(c2nnc3n2CCN(C(=O)c2cccc(N4CCCC4)c2)C3)C1. The average Bonchev–Trinajstić information content (AvgIpc) is 3.43. The second-order valence-electron chi connectivity index (χ2n) is 8.70. The number of amides is 1. The molecule has 3 aliphatic rings. The summed E-state index contributed by atoms with van der Waals surface area (Å²) in [7, 11) is 2.18. The molecule has 0 spiro atoms. The van der Waals surface area contributed by atoms with Gasteiger partial charge in [0.1, 0.15) is 5.82 Å². The van der Waals surface area contributed by atoms with Crippen molar-refractivity contribution in [1.82, 2.24) is 24.6 Å². The van der Waals surface area contributed by atoms with Crippen molar-refractivity contribution in [3.8, 4) is 0 Å². The van der Waals surface area contributed by atoms with Gasteiger partial charge >= 0.3 is 0 Å². The predicted molar refractivity (Wildman–Crippen MR) is 112 cm³/mol. The zero-order chi connectivity index (χ0) is 19.8. The quantitative estimate of drug-likeness (QED) is 0.800. The fourth-order valence-corrected chi connectivity index (χ4v) is 5.03. The minimum absolute atomic E-state index is 0.0965. The molecule has 7 heteroatoms. The van der Waals surface area contributed by atoms with Crippen molar-refractivity contribution in [1.29, 1.82) is 0 Å². The number of hydrogen-bond donors (Lipinski definition) is 0. The summed E-state index contributed by atoms with van der Waals surface area (Å²) in [6, 6.07) is 8.11. The van der Waals surface area contributed by atoms with Crippen LogP contribution in [0, 0.1) is 0 Å². The highest BCUT2D eigenvalue weighted by molar-refractivity contribution is 5.95. The Morgan fingerprint density at radius 2 is 1.90 bits per heavy atom. The molecule has 0 radical (unpaired) electrons. The number of rotatable bonds is 3. The van der Waals surface area contributed by atoms with E-state index < -0.39 is 0 Å². The van der Waals surface area contributed by atoms with Gasteiger partial charge in [-0.1, -0.05) is 6.07 Å². The van der Waals surface area contributed by atoms with Crippen LogP contribution in [0.15, 0.2) is 24.3 Å². The highest BCUT2D eigenvalue weighted by Gasteiger charge is 2.30. The van der Waals surface area contributed by atoms with E-state index in [4.69, 9.17) is 0 Å². The lowest BCUT2D eigenvalue weighted by molar-refractivity contribution is 0.0705. The number of piperidine rings is 1. The highest BCUT2D eigenvalue weighted by atomic mass is 16.2. The van der Waals surface area contributed by atoms with Gasteiger partial charge in [-0.2, -0.15) is 0 Å². The number of fused-ring (bicyclic) bond motifs is 1. The molecule has 1 aromatic heterocycles. The van der Waals surface area contributed by atoms with Crippen molar-refractivity contribution in [2.24, 2.45) is 0 Å². The van der Waals surface area contributed by atoms with E-state index in [1.807, 2.05) is 17.0 Å². The third-order valence-electron chi connectivity index (χ3n) is 6.62. The topological polar surface area (TPSA) is 57.5 Å². The summed E-state index contributed by atoms with van der Waals surface area (Å²) in [6.07, 6.45) is 4.86. The summed E-state index contributed by atoms with van der Waals surface area (Å²) in [6.45, 7) is 6.43. The number of carbonyl (C=O) groups excluding carboxylic acids is 1. The van der Waals surface area contributed by atoms with Gasteiger partial charge in [0.25, 0.3) is 5.91 Å². The number of nitrogens with zero attached hydrogens (tertiary/aromatic N) is 6. The number of likely N-dealkylation sites (tertiary alicyclic amines) is 1. The summed E-state index contributed by atoms with van der Waals surface area (Å²) in [5, 5.41) is 8.99. The smallest absolute Gasteiger partial charge is 0.254 e. The van der Waals surface area contributed by atoms with Gasteiger partial charge in [0, 0.05) is 49.9 Å². The molecule has 3 aliphatic heterocycles. The van der Waals surface area contributed by atoms with Crippen LogP contribution >= 0.6 is 0 Å². The van der Waals surface area contributed by atoms with Crippen molar-refractivity contribution < 1.29 is 4.79 Å². The first kappa shape index (κ1) is 18.6. The molecule has 0 saturated carbocycles. The average molecular weight is 395 g/mol. The molecule has 154 valence electrons. The lowest BCUT2D eigenvalue weighted by atomic mass is 9.97. The number of benzene rings is 1. The van der Waals surface area contributed by atoms with Gasteiger partial charge in [-0.05, 0) is 57.5 Å². The first-order valence-corrected chi connectivity index (χ1v) is 10.9. The number of hydrogen-bond acceptors (Lipinski definition) is 5. The molecule has 1 amide bonds. The predicted octanol–water partition coefficient (Wildman–Crippen LogP) is 2.34. The maximum absolute atomic E-state index is 13.2. The van der Waals surface area contributed by atoms with Gasteiger partial charge in [0.2, 0.25) is 0 Å². The van der Waals surface area contributed by atoms with E-state index in [0.717, 1.165) is 55.6 Å². The van der Waals surface area contributed by atoms with Gasteiger partial charge < -0.3 is 19.3 Å². The summed E-state index contributed by atoms with van der Waals surface area (Å²) in [4.78, 5) is 19.8. The highest BCUT2D eigenvalue weighted by Crippen LogP contribution is 2.28. The molecule has 7 nitrogen and oxygen atoms in total. The van der Waals surface area contributed by atoms with E-state index >= 15 is 0 Å². The van der Waals surface area contributed by atoms with E-state index in [1.165, 1.54) is 25.7 Å². The van der Waals surface area contributed by atoms with Gasteiger partial charge in [-0.3, -0.25) is 4.79 Å². The molecule has 1 unspecified atom stereocenters. The molecule has 2 aromatic rings. The molecular formula is C22H30N6O. The largest absolute Gasteiger partial charge is 0.372 e. The van der Waals surface area contributed by atoms with Crippen LogP contribution in [-0.4, -0.2) is 70.2 Å². The third-order valence-corrected chi connectivity index (χ3v) is 6.62. The van der Waals surface area contributed by atoms with Crippen molar-refractivity contribution in [3.63, 3.8) is 0 Å². The lowest BCUT2D eigenvalue weighted by Crippen LogP contribution is -2.39. The fraction of sp³-hybridized carbons (Fsp3) is 0.591. The monoisotopic (exact) mass is 394 g/mol. The van der Waals surface area contributed by atoms with Crippen LogP contribution in [-0.2, 0) is 13.1 Å². The first-order valence-electron chi connectivity index (χ1n) is 10.9. The van der Waals surface area contributed by atoms with Gasteiger partial charge in [-0.15, -0.1) is 10.2 Å². The Kier molecular flexibility index (Phi) is 4.99. The molecule has 4 heterocycles. The van der Waals surface area contributed by atoms with Crippen molar-refractivity contribution in [3.05, 3.63) is 41.5 Å². The Hall–Kier alpha value is -2.41. The second kappa shape index (κ2) is 7.78. The van der Waals surface area contributed by atoms with E-state index in [9.17, 15) is 4.79 Å². The Morgan fingerprint density at radius 3 is 2.72 bits per heavy atom. The van der Waals surface area contributed by atoms with Crippen LogP contribution in [0.3, 0.4) is 0 Å². The normalized spacial score (nSPS) is 22.7. The van der Waals surface area contributed by atoms with Gasteiger partial charge in [0.05, 0.1) is 6.54 Å². The van der Waals surface area contributed by atoms with Crippen LogP contribution in [0.1, 0.15) is 53.6 Å². The number of carbonyl (C=O) groups is 1. The summed E-state index contributed by atoms with van der Waals surface area (Å²) >= 11 is 0. The Morgan fingerprint density at radius 1 is 1.03 bits per heavy atom. The fourth-order valence-electron chi connectivity index (χ4n) is 5.03. The summed E-state index contributed by atoms with van der Waals surface area (Å²) in [5.41, 5.74) is 1.94. The van der Waals surface area contributed by atoms with E-state index in [-0.39, 0.29) is 5.91 Å². The van der Waals surface area contributed by atoms with Crippen LogP contribution in [0.4, 0.5) is 5.69 Å². The second-order valence-corrected chi connectivity index (χ2v) is 8.70. The molecule has 0 aliphatic carbocycles. The van der Waals surface area contributed by atoms with Crippen molar-refractivity contribution in [2.45, 2.75) is 44.7 Å². The lowest BCUT2D eigenvalue weighted by Gasteiger charge is -2.32. The zero-order valence-electron chi connectivity index (χ0n) is 17.3. The number of anilines is 1. The van der Waals surface area contributed by atoms with Gasteiger partial charge in [0.15, 0.2) is 5.82 Å². The summed E-state index contributed by atoms with van der Waals surface area (Å²) in [5.74, 6) is 2.58. The third kappa shape index (κ3) is 3.64. The molecule has 2 fully saturated rings. The number of likely N-dealkylation sites (N-methyl/N-ethyl adjacent to an activating group) is 1. The first-order chi connectivity index (χ1) is 14.2. The number of aromatic nitrogens is 3. The molecule has 2 saturated heterocycles. The summed E-state index contributed by atoms with van der Waals surface area (Å²) < 4.78 is 2.26. The molecule has 0 N–H and O–H groups in total. The Balaban J connectivity index is 1.31. The van der Waals surface area contributed by atoms with Crippen LogP contribution in [0.5, 0.6) is 0 Å². The van der Waals surface area contributed by atoms with E-state index in [0.29, 0.717) is 19.0 Å². The van der Waals surface area contributed by atoms with Crippen LogP contribution in [0.25, 0.3) is 0 Å².